The molecule has 0 heterocycles. The van der Waals surface area contributed by atoms with Crippen molar-refractivity contribution in [2.45, 2.75) is 11.1 Å². The minimum absolute atomic E-state index is 0.141. The largest absolute Gasteiger partial charge is 0.419 e. The quantitative estimate of drug-likeness (QED) is 0.460. The molecule has 0 bridgehead atoms. The van der Waals surface area contributed by atoms with Crippen molar-refractivity contribution < 1.29 is 22.4 Å². The van der Waals surface area contributed by atoms with Gasteiger partial charge < -0.3 is 0 Å². The molecular formula is C15H10F4OS. The molecule has 0 spiro atoms. The second kappa shape index (κ2) is 5.89. The molecule has 2 aromatic carbocycles. The summed E-state index contributed by atoms with van der Waals surface area (Å²) in [6, 6.07) is 9.50. The van der Waals surface area contributed by atoms with Crippen LogP contribution in [0.2, 0.25) is 0 Å². The van der Waals surface area contributed by atoms with Gasteiger partial charge in [-0.25, -0.2) is 4.39 Å². The Balaban J connectivity index is 2.61. The van der Waals surface area contributed by atoms with Crippen LogP contribution in [0.25, 0.3) is 0 Å². The number of carbonyl (C=O) groups is 1. The van der Waals surface area contributed by atoms with Crippen molar-refractivity contribution in [3.63, 3.8) is 0 Å². The van der Waals surface area contributed by atoms with Gasteiger partial charge in [-0.15, -0.1) is 11.8 Å². The Hall–Kier alpha value is -1.82. The van der Waals surface area contributed by atoms with E-state index in [1.807, 2.05) is 0 Å². The number of halogens is 4. The van der Waals surface area contributed by atoms with Crippen molar-refractivity contribution in [1.82, 2.24) is 0 Å². The fourth-order valence-electron chi connectivity index (χ4n) is 1.83. The zero-order valence-corrected chi connectivity index (χ0v) is 11.7. The molecular weight excluding hydrogens is 304 g/mol. The highest BCUT2D eigenvalue weighted by Gasteiger charge is 2.36. The van der Waals surface area contributed by atoms with Crippen LogP contribution in [0.1, 0.15) is 21.5 Å². The zero-order chi connectivity index (χ0) is 15.6. The lowest BCUT2D eigenvalue weighted by molar-refractivity contribution is -0.140. The van der Waals surface area contributed by atoms with E-state index in [0.29, 0.717) is 6.07 Å². The summed E-state index contributed by atoms with van der Waals surface area (Å²) in [7, 11) is 0. The third-order valence-electron chi connectivity index (χ3n) is 2.87. The van der Waals surface area contributed by atoms with Crippen LogP contribution in [0, 0.1) is 5.82 Å². The van der Waals surface area contributed by atoms with Gasteiger partial charge >= 0.3 is 6.18 Å². The highest BCUT2D eigenvalue weighted by Crippen LogP contribution is 2.35. The maximum atomic E-state index is 14.1. The second-order valence-electron chi connectivity index (χ2n) is 4.23. The standard InChI is InChI=1S/C15H10F4OS/c1-21-10-7-11(13(16)12(8-10)15(17,18)19)14(20)9-5-3-2-4-6-9/h2-8H,1H3. The van der Waals surface area contributed by atoms with E-state index in [1.165, 1.54) is 12.1 Å². The van der Waals surface area contributed by atoms with Crippen LogP contribution in [-0.2, 0) is 6.18 Å². The van der Waals surface area contributed by atoms with Gasteiger partial charge in [0.05, 0.1) is 11.1 Å². The molecule has 0 saturated heterocycles. The second-order valence-corrected chi connectivity index (χ2v) is 5.11. The maximum Gasteiger partial charge on any atom is 0.419 e. The number of carbonyl (C=O) groups excluding carboxylic acids is 1. The van der Waals surface area contributed by atoms with Gasteiger partial charge in [-0.3, -0.25) is 4.79 Å². The first-order valence-corrected chi connectivity index (χ1v) is 7.11. The number of ketones is 1. The van der Waals surface area contributed by atoms with E-state index in [0.717, 1.165) is 17.8 Å². The average Bonchev–Trinajstić information content (AvgIpc) is 2.46. The van der Waals surface area contributed by atoms with E-state index in [-0.39, 0.29) is 10.5 Å². The highest BCUT2D eigenvalue weighted by molar-refractivity contribution is 7.98. The average molecular weight is 314 g/mol. The first-order chi connectivity index (χ1) is 9.84. The van der Waals surface area contributed by atoms with Crippen molar-refractivity contribution in [1.29, 1.82) is 0 Å². The molecule has 1 nitrogen and oxygen atoms in total. The Labute approximate surface area is 123 Å². The Morgan fingerprint density at radius 3 is 2.24 bits per heavy atom. The molecule has 6 heteroatoms. The van der Waals surface area contributed by atoms with E-state index < -0.39 is 28.9 Å². The number of rotatable bonds is 3. The Kier molecular flexibility index (Phi) is 4.37. The summed E-state index contributed by atoms with van der Waals surface area (Å²) in [5.74, 6) is -2.30. The fraction of sp³-hybridized carbons (Fsp3) is 0.133. The fourth-order valence-corrected chi connectivity index (χ4v) is 2.30. The van der Waals surface area contributed by atoms with Crippen molar-refractivity contribution in [3.8, 4) is 0 Å². The molecule has 0 N–H and O–H groups in total. The van der Waals surface area contributed by atoms with Gasteiger partial charge in [0, 0.05) is 10.5 Å². The predicted octanol–water partition coefficient (Wildman–Crippen LogP) is 4.80. The van der Waals surface area contributed by atoms with Gasteiger partial charge in [0.15, 0.2) is 5.78 Å². The molecule has 0 aliphatic rings. The van der Waals surface area contributed by atoms with E-state index in [4.69, 9.17) is 0 Å². The van der Waals surface area contributed by atoms with Gasteiger partial charge in [-0.1, -0.05) is 30.3 Å². The number of alkyl halides is 3. The third-order valence-corrected chi connectivity index (χ3v) is 3.57. The van der Waals surface area contributed by atoms with Crippen molar-refractivity contribution >= 4 is 17.5 Å². The van der Waals surface area contributed by atoms with Crippen LogP contribution in [0.5, 0.6) is 0 Å². The van der Waals surface area contributed by atoms with Crippen LogP contribution in [0.3, 0.4) is 0 Å². The van der Waals surface area contributed by atoms with Crippen LogP contribution in [-0.4, -0.2) is 12.0 Å². The van der Waals surface area contributed by atoms with Crippen LogP contribution >= 0.6 is 11.8 Å². The molecule has 0 atom stereocenters. The van der Waals surface area contributed by atoms with Crippen LogP contribution < -0.4 is 0 Å². The SMILES string of the molecule is CSc1cc(C(=O)c2ccccc2)c(F)c(C(F)(F)F)c1. The molecule has 21 heavy (non-hydrogen) atoms. The Bertz CT molecular complexity index is 665. The molecule has 0 amide bonds. The van der Waals surface area contributed by atoms with Crippen LogP contribution in [0.4, 0.5) is 17.6 Å². The number of thioether (sulfide) groups is 1. The number of benzene rings is 2. The predicted molar refractivity (Wildman–Crippen MR) is 73.1 cm³/mol. The Morgan fingerprint density at radius 1 is 1.10 bits per heavy atom. The molecule has 2 rings (SSSR count). The van der Waals surface area contributed by atoms with Crippen molar-refractivity contribution in [2.24, 2.45) is 0 Å². The molecule has 0 aliphatic carbocycles. The summed E-state index contributed by atoms with van der Waals surface area (Å²) < 4.78 is 52.6. The van der Waals surface area contributed by atoms with Crippen LogP contribution in [0.15, 0.2) is 47.4 Å². The molecule has 0 aliphatic heterocycles. The minimum atomic E-state index is -4.85. The topological polar surface area (TPSA) is 17.1 Å². The summed E-state index contributed by atoms with van der Waals surface area (Å²) in [6.07, 6.45) is -3.29. The summed E-state index contributed by atoms with van der Waals surface area (Å²) in [4.78, 5) is 12.4. The number of hydrogen-bond acceptors (Lipinski definition) is 2. The molecule has 110 valence electrons. The molecule has 0 radical (unpaired) electrons. The Morgan fingerprint density at radius 2 is 1.71 bits per heavy atom. The highest BCUT2D eigenvalue weighted by atomic mass is 32.2. The first-order valence-electron chi connectivity index (χ1n) is 5.89. The normalized spacial score (nSPS) is 11.5. The van der Waals surface area contributed by atoms with Crippen molar-refractivity contribution in [3.05, 3.63) is 65.0 Å². The van der Waals surface area contributed by atoms with Gasteiger partial charge in [-0.2, -0.15) is 13.2 Å². The lowest BCUT2D eigenvalue weighted by Gasteiger charge is -2.13. The molecule has 2 aromatic rings. The van der Waals surface area contributed by atoms with Gasteiger partial charge in [0.1, 0.15) is 5.82 Å². The van der Waals surface area contributed by atoms with E-state index in [9.17, 15) is 22.4 Å². The first kappa shape index (κ1) is 15.6. The smallest absolute Gasteiger partial charge is 0.288 e. The molecule has 0 saturated carbocycles. The number of hydrogen-bond donors (Lipinski definition) is 0. The maximum absolute atomic E-state index is 14.1. The van der Waals surface area contributed by atoms with Gasteiger partial charge in [0.2, 0.25) is 0 Å². The van der Waals surface area contributed by atoms with Crippen molar-refractivity contribution in [2.75, 3.05) is 6.26 Å². The summed E-state index contributed by atoms with van der Waals surface area (Å²) in [5, 5.41) is 0. The van der Waals surface area contributed by atoms with E-state index >= 15 is 0 Å². The monoisotopic (exact) mass is 314 g/mol. The van der Waals surface area contributed by atoms with E-state index in [2.05, 4.69) is 0 Å². The summed E-state index contributed by atoms with van der Waals surface area (Å²) >= 11 is 1.02. The molecule has 0 unspecified atom stereocenters. The van der Waals surface area contributed by atoms with Gasteiger partial charge in [-0.05, 0) is 18.4 Å². The van der Waals surface area contributed by atoms with E-state index in [1.54, 1.807) is 24.5 Å². The summed E-state index contributed by atoms with van der Waals surface area (Å²) in [6.45, 7) is 0. The zero-order valence-electron chi connectivity index (χ0n) is 10.9. The lowest BCUT2D eigenvalue weighted by atomic mass is 10.0. The third kappa shape index (κ3) is 3.26. The molecule has 0 aromatic heterocycles. The lowest BCUT2D eigenvalue weighted by Crippen LogP contribution is -2.13. The molecule has 0 fully saturated rings. The minimum Gasteiger partial charge on any atom is -0.288 e. The van der Waals surface area contributed by atoms with Gasteiger partial charge in [0.25, 0.3) is 0 Å². The summed E-state index contributed by atoms with van der Waals surface area (Å²) in [5.41, 5.74) is -1.85.